The number of aliphatic carboxylic acids is 1. The summed E-state index contributed by atoms with van der Waals surface area (Å²) in [5.41, 5.74) is 0.895. The molecule has 7 heteroatoms. The zero-order valence-electron chi connectivity index (χ0n) is 13.9. The van der Waals surface area contributed by atoms with E-state index >= 15 is 0 Å². The lowest BCUT2D eigenvalue weighted by Gasteiger charge is -2.34. The van der Waals surface area contributed by atoms with E-state index in [1.54, 1.807) is 24.0 Å². The van der Waals surface area contributed by atoms with Gasteiger partial charge in [-0.1, -0.05) is 12.1 Å². The standard InChI is InChI=1S/C18H19FN2O3S/c1-11-20-16(17(25-11)12-5-4-6-13(19)9-12)18(24)21-8-3-2-7-14(21)10-15(22)23/h4-6,9,14H,2-3,7-8,10H2,1H3,(H,22,23). The number of rotatable bonds is 4. The van der Waals surface area contributed by atoms with Gasteiger partial charge >= 0.3 is 5.97 Å². The largest absolute Gasteiger partial charge is 0.481 e. The lowest BCUT2D eigenvalue weighted by atomic mass is 9.98. The van der Waals surface area contributed by atoms with E-state index in [9.17, 15) is 14.0 Å². The van der Waals surface area contributed by atoms with Crippen LogP contribution in [0.2, 0.25) is 0 Å². The van der Waals surface area contributed by atoms with Gasteiger partial charge in [0, 0.05) is 12.6 Å². The van der Waals surface area contributed by atoms with Gasteiger partial charge in [-0.15, -0.1) is 11.3 Å². The molecule has 25 heavy (non-hydrogen) atoms. The van der Waals surface area contributed by atoms with Gasteiger partial charge in [-0.05, 0) is 43.9 Å². The average Bonchev–Trinajstić information content (AvgIpc) is 2.96. The Hall–Kier alpha value is -2.28. The minimum absolute atomic E-state index is 0.0653. The van der Waals surface area contributed by atoms with Crippen LogP contribution in [-0.4, -0.2) is 39.5 Å². The molecule has 0 radical (unpaired) electrons. The number of carbonyl (C=O) groups is 2. The maximum atomic E-state index is 13.6. The minimum atomic E-state index is -0.912. The van der Waals surface area contributed by atoms with Gasteiger partial charge in [0.1, 0.15) is 11.5 Å². The van der Waals surface area contributed by atoms with Gasteiger partial charge in [0.2, 0.25) is 0 Å². The predicted octanol–water partition coefficient (Wildman–Crippen LogP) is 3.73. The summed E-state index contributed by atoms with van der Waals surface area (Å²) in [5.74, 6) is -1.55. The molecular weight excluding hydrogens is 343 g/mol. The van der Waals surface area contributed by atoms with Crippen LogP contribution in [0.5, 0.6) is 0 Å². The molecule has 0 saturated carbocycles. The van der Waals surface area contributed by atoms with Crippen LogP contribution in [0.25, 0.3) is 10.4 Å². The molecular formula is C18H19FN2O3S. The molecule has 1 saturated heterocycles. The third kappa shape index (κ3) is 3.87. The van der Waals surface area contributed by atoms with Crippen LogP contribution in [0.3, 0.4) is 0 Å². The molecule has 1 aliphatic rings. The third-order valence-corrected chi connectivity index (χ3v) is 5.34. The lowest BCUT2D eigenvalue weighted by Crippen LogP contribution is -2.45. The molecule has 1 atom stereocenters. The second-order valence-corrected chi connectivity index (χ2v) is 7.37. The van der Waals surface area contributed by atoms with E-state index < -0.39 is 5.97 Å². The number of hydrogen-bond donors (Lipinski definition) is 1. The van der Waals surface area contributed by atoms with Gasteiger partial charge in [-0.2, -0.15) is 0 Å². The number of piperidine rings is 1. The van der Waals surface area contributed by atoms with Crippen LogP contribution in [0, 0.1) is 12.7 Å². The van der Waals surface area contributed by atoms with E-state index in [0.717, 1.165) is 17.8 Å². The second kappa shape index (κ2) is 7.31. The normalized spacial score (nSPS) is 17.5. The van der Waals surface area contributed by atoms with Crippen molar-refractivity contribution >= 4 is 23.2 Å². The first-order valence-corrected chi connectivity index (χ1v) is 9.03. The highest BCUT2D eigenvalue weighted by atomic mass is 32.1. The Morgan fingerprint density at radius 1 is 1.40 bits per heavy atom. The van der Waals surface area contributed by atoms with Crippen molar-refractivity contribution in [3.8, 4) is 10.4 Å². The van der Waals surface area contributed by atoms with E-state index in [1.807, 2.05) is 0 Å². The summed E-state index contributed by atoms with van der Waals surface area (Å²) in [5, 5.41) is 9.83. The van der Waals surface area contributed by atoms with E-state index in [2.05, 4.69) is 4.98 Å². The Balaban J connectivity index is 1.95. The highest BCUT2D eigenvalue weighted by molar-refractivity contribution is 7.15. The van der Waals surface area contributed by atoms with Crippen molar-refractivity contribution in [2.45, 2.75) is 38.6 Å². The number of carboxylic acids is 1. The van der Waals surface area contributed by atoms with Gasteiger partial charge < -0.3 is 10.0 Å². The number of thiazole rings is 1. The van der Waals surface area contributed by atoms with Crippen molar-refractivity contribution in [1.82, 2.24) is 9.88 Å². The monoisotopic (exact) mass is 362 g/mol. The van der Waals surface area contributed by atoms with Gasteiger partial charge in [-0.3, -0.25) is 9.59 Å². The molecule has 0 aliphatic carbocycles. The molecule has 1 aliphatic heterocycles. The number of carbonyl (C=O) groups excluding carboxylic acids is 1. The van der Waals surface area contributed by atoms with Crippen LogP contribution < -0.4 is 0 Å². The van der Waals surface area contributed by atoms with E-state index in [1.165, 1.54) is 23.5 Å². The van der Waals surface area contributed by atoms with E-state index in [-0.39, 0.29) is 29.9 Å². The molecule has 1 aromatic heterocycles. The van der Waals surface area contributed by atoms with Gasteiger partial charge in [0.25, 0.3) is 5.91 Å². The van der Waals surface area contributed by atoms with Crippen molar-refractivity contribution in [1.29, 1.82) is 0 Å². The number of carboxylic acid groups (broad SMARTS) is 1. The third-order valence-electron chi connectivity index (χ3n) is 4.32. The van der Waals surface area contributed by atoms with Crippen LogP contribution in [-0.2, 0) is 4.79 Å². The quantitative estimate of drug-likeness (QED) is 0.900. The van der Waals surface area contributed by atoms with Crippen molar-refractivity contribution in [3.63, 3.8) is 0 Å². The van der Waals surface area contributed by atoms with Crippen LogP contribution >= 0.6 is 11.3 Å². The van der Waals surface area contributed by atoms with Crippen molar-refractivity contribution in [2.75, 3.05) is 6.54 Å². The van der Waals surface area contributed by atoms with Gasteiger partial charge in [0.15, 0.2) is 0 Å². The topological polar surface area (TPSA) is 70.5 Å². The van der Waals surface area contributed by atoms with E-state index in [4.69, 9.17) is 5.11 Å². The summed E-state index contributed by atoms with van der Waals surface area (Å²) in [6.45, 7) is 2.32. The first-order valence-electron chi connectivity index (χ1n) is 8.22. The van der Waals surface area contributed by atoms with E-state index in [0.29, 0.717) is 23.4 Å². The maximum Gasteiger partial charge on any atom is 0.305 e. The molecule has 132 valence electrons. The molecule has 1 aromatic carbocycles. The number of aryl methyl sites for hydroxylation is 1. The smallest absolute Gasteiger partial charge is 0.305 e. The lowest BCUT2D eigenvalue weighted by molar-refractivity contribution is -0.138. The number of aromatic nitrogens is 1. The molecule has 0 bridgehead atoms. The zero-order valence-corrected chi connectivity index (χ0v) is 14.7. The van der Waals surface area contributed by atoms with Crippen LogP contribution in [0.1, 0.15) is 41.2 Å². The Morgan fingerprint density at radius 3 is 2.92 bits per heavy atom. The Bertz CT molecular complexity index is 805. The first-order chi connectivity index (χ1) is 12.0. The number of nitrogens with zero attached hydrogens (tertiary/aromatic N) is 2. The second-order valence-electron chi connectivity index (χ2n) is 6.17. The molecule has 1 fully saturated rings. The molecule has 2 aromatic rings. The number of hydrogen-bond acceptors (Lipinski definition) is 4. The van der Waals surface area contributed by atoms with Crippen molar-refractivity contribution in [2.24, 2.45) is 0 Å². The SMILES string of the molecule is Cc1nc(C(=O)N2CCCCC2CC(=O)O)c(-c2cccc(F)c2)s1. The fourth-order valence-corrected chi connectivity index (χ4v) is 4.12. The van der Waals surface area contributed by atoms with Crippen LogP contribution in [0.4, 0.5) is 4.39 Å². The summed E-state index contributed by atoms with van der Waals surface area (Å²) in [6, 6.07) is 5.77. The highest BCUT2D eigenvalue weighted by Crippen LogP contribution is 2.33. The minimum Gasteiger partial charge on any atom is -0.481 e. The Labute approximate surface area is 149 Å². The van der Waals surface area contributed by atoms with Crippen molar-refractivity contribution < 1.29 is 19.1 Å². The summed E-state index contributed by atoms with van der Waals surface area (Å²) in [7, 11) is 0. The fraction of sp³-hybridized carbons (Fsp3) is 0.389. The summed E-state index contributed by atoms with van der Waals surface area (Å²) in [6.07, 6.45) is 2.37. The fourth-order valence-electron chi connectivity index (χ4n) is 3.22. The Kier molecular flexibility index (Phi) is 5.13. The summed E-state index contributed by atoms with van der Waals surface area (Å²) >= 11 is 1.34. The Morgan fingerprint density at radius 2 is 2.20 bits per heavy atom. The molecule has 1 amide bonds. The summed E-state index contributed by atoms with van der Waals surface area (Å²) in [4.78, 5) is 30.8. The van der Waals surface area contributed by atoms with Crippen molar-refractivity contribution in [3.05, 3.63) is 40.8 Å². The maximum absolute atomic E-state index is 13.6. The molecule has 1 N–H and O–H groups in total. The predicted molar refractivity (Wildman–Crippen MR) is 93.2 cm³/mol. The highest BCUT2D eigenvalue weighted by Gasteiger charge is 2.32. The molecule has 3 rings (SSSR count). The number of benzene rings is 1. The van der Waals surface area contributed by atoms with Gasteiger partial charge in [0.05, 0.1) is 16.3 Å². The molecule has 2 heterocycles. The number of halogens is 1. The average molecular weight is 362 g/mol. The molecule has 1 unspecified atom stereocenters. The zero-order chi connectivity index (χ0) is 18.0. The van der Waals surface area contributed by atoms with Crippen LogP contribution in [0.15, 0.2) is 24.3 Å². The summed E-state index contributed by atoms with van der Waals surface area (Å²) < 4.78 is 13.6. The molecule has 5 nitrogen and oxygen atoms in total. The van der Waals surface area contributed by atoms with Gasteiger partial charge in [-0.25, -0.2) is 9.37 Å². The molecule has 0 spiro atoms. The first kappa shape index (κ1) is 17.5. The number of likely N-dealkylation sites (tertiary alicyclic amines) is 1. The number of amides is 1.